The van der Waals surface area contributed by atoms with E-state index in [1.807, 2.05) is 0 Å². The Morgan fingerprint density at radius 2 is 2.44 bits per heavy atom. The van der Waals surface area contributed by atoms with Gasteiger partial charge in [-0.25, -0.2) is 0 Å². The van der Waals surface area contributed by atoms with Crippen molar-refractivity contribution in [3.05, 3.63) is 24.0 Å². The largest absolute Gasteiger partial charge is 0.494 e. The van der Waals surface area contributed by atoms with Crippen molar-refractivity contribution in [1.82, 2.24) is 9.88 Å². The van der Waals surface area contributed by atoms with Crippen molar-refractivity contribution >= 4 is 5.91 Å². The number of hydrogen-bond donors (Lipinski definition) is 0. The van der Waals surface area contributed by atoms with Gasteiger partial charge in [0.05, 0.1) is 25.4 Å². The van der Waals surface area contributed by atoms with E-state index in [1.54, 1.807) is 23.4 Å². The van der Waals surface area contributed by atoms with Crippen molar-refractivity contribution in [3.63, 3.8) is 0 Å². The highest BCUT2D eigenvalue weighted by Gasteiger charge is 2.27. The van der Waals surface area contributed by atoms with Crippen LogP contribution in [-0.4, -0.2) is 36.0 Å². The van der Waals surface area contributed by atoms with E-state index in [0.29, 0.717) is 23.8 Å². The lowest BCUT2D eigenvalue weighted by Crippen LogP contribution is -2.33. The number of amides is 1. The van der Waals surface area contributed by atoms with Crippen molar-refractivity contribution in [2.75, 3.05) is 20.2 Å². The molecule has 0 aromatic carbocycles. The van der Waals surface area contributed by atoms with Gasteiger partial charge in [-0.3, -0.25) is 9.78 Å². The van der Waals surface area contributed by atoms with Gasteiger partial charge in [0.25, 0.3) is 5.91 Å². The molecule has 0 aliphatic heterocycles. The Balaban J connectivity index is 2.18. The normalized spacial score (nSPS) is 13.8. The third-order valence-electron chi connectivity index (χ3n) is 2.98. The Labute approximate surface area is 107 Å². The summed E-state index contributed by atoms with van der Waals surface area (Å²) < 4.78 is 5.15. The van der Waals surface area contributed by atoms with Crippen LogP contribution in [0.1, 0.15) is 23.2 Å². The molecular formula is C14H16N2O2. The van der Waals surface area contributed by atoms with Gasteiger partial charge in [0.15, 0.2) is 0 Å². The smallest absolute Gasteiger partial charge is 0.258 e. The van der Waals surface area contributed by atoms with Gasteiger partial charge in [-0.05, 0) is 24.8 Å². The van der Waals surface area contributed by atoms with Crippen LogP contribution in [-0.2, 0) is 0 Å². The molecule has 1 aliphatic rings. The van der Waals surface area contributed by atoms with Crippen LogP contribution >= 0.6 is 0 Å². The number of pyridine rings is 1. The van der Waals surface area contributed by atoms with E-state index in [1.165, 1.54) is 20.0 Å². The Kier molecular flexibility index (Phi) is 3.83. The van der Waals surface area contributed by atoms with Gasteiger partial charge in [0.1, 0.15) is 5.75 Å². The topological polar surface area (TPSA) is 42.4 Å². The number of carbonyl (C=O) groups excluding carboxylic acids is 1. The summed E-state index contributed by atoms with van der Waals surface area (Å²) in [4.78, 5) is 18.0. The number of carbonyl (C=O) groups is 1. The second kappa shape index (κ2) is 5.54. The number of aromatic nitrogens is 1. The summed E-state index contributed by atoms with van der Waals surface area (Å²) in [7, 11) is 1.53. The highest BCUT2D eigenvalue weighted by Crippen LogP contribution is 2.30. The number of methoxy groups -OCH3 is 1. The first-order valence-electron chi connectivity index (χ1n) is 5.97. The van der Waals surface area contributed by atoms with E-state index >= 15 is 0 Å². The summed E-state index contributed by atoms with van der Waals surface area (Å²) in [6.45, 7) is 1.06. The van der Waals surface area contributed by atoms with Gasteiger partial charge < -0.3 is 9.64 Å². The molecule has 0 spiro atoms. The molecule has 0 unspecified atom stereocenters. The lowest BCUT2D eigenvalue weighted by atomic mass is 10.2. The lowest BCUT2D eigenvalue weighted by Gasteiger charge is -2.21. The zero-order valence-electron chi connectivity index (χ0n) is 10.4. The van der Waals surface area contributed by atoms with Gasteiger partial charge in [-0.1, -0.05) is 5.92 Å². The molecule has 0 radical (unpaired) electrons. The van der Waals surface area contributed by atoms with Crippen LogP contribution < -0.4 is 4.74 Å². The van der Waals surface area contributed by atoms with E-state index in [-0.39, 0.29) is 5.91 Å². The third-order valence-corrected chi connectivity index (χ3v) is 2.98. The van der Waals surface area contributed by atoms with Gasteiger partial charge in [0.2, 0.25) is 0 Å². The van der Waals surface area contributed by atoms with Crippen LogP contribution in [0.4, 0.5) is 0 Å². The van der Waals surface area contributed by atoms with Crippen LogP contribution in [0.5, 0.6) is 5.75 Å². The van der Waals surface area contributed by atoms with Crippen molar-refractivity contribution < 1.29 is 9.53 Å². The predicted molar refractivity (Wildman–Crippen MR) is 68.2 cm³/mol. The molecule has 0 bridgehead atoms. The first kappa shape index (κ1) is 12.4. The molecule has 2 rings (SSSR count). The van der Waals surface area contributed by atoms with Crippen LogP contribution in [0.2, 0.25) is 0 Å². The Hall–Kier alpha value is -2.02. The van der Waals surface area contributed by atoms with E-state index < -0.39 is 0 Å². The minimum Gasteiger partial charge on any atom is -0.494 e. The summed E-state index contributed by atoms with van der Waals surface area (Å²) in [6, 6.07) is 1.66. The van der Waals surface area contributed by atoms with Gasteiger partial charge in [0, 0.05) is 12.7 Å². The molecule has 1 aromatic heterocycles. The van der Waals surface area contributed by atoms with E-state index in [2.05, 4.69) is 10.9 Å². The maximum absolute atomic E-state index is 12.4. The molecular weight excluding hydrogens is 228 g/mol. The molecule has 94 valence electrons. The molecule has 1 saturated carbocycles. The summed E-state index contributed by atoms with van der Waals surface area (Å²) in [5, 5.41) is 0. The SMILES string of the molecule is C#CCN(CC1CC1)C(=O)c1ccncc1OC. The molecule has 1 heterocycles. The van der Waals surface area contributed by atoms with Crippen molar-refractivity contribution in [2.45, 2.75) is 12.8 Å². The van der Waals surface area contributed by atoms with Crippen LogP contribution in [0.3, 0.4) is 0 Å². The van der Waals surface area contributed by atoms with Crippen LogP contribution in [0.25, 0.3) is 0 Å². The molecule has 0 atom stereocenters. The minimum atomic E-state index is -0.0842. The van der Waals surface area contributed by atoms with Gasteiger partial charge >= 0.3 is 0 Å². The maximum Gasteiger partial charge on any atom is 0.258 e. The zero-order chi connectivity index (χ0) is 13.0. The summed E-state index contributed by atoms with van der Waals surface area (Å²) in [5.74, 6) is 3.55. The first-order valence-corrected chi connectivity index (χ1v) is 5.97. The zero-order valence-corrected chi connectivity index (χ0v) is 10.4. The standard InChI is InChI=1S/C14H16N2O2/c1-3-8-16(10-11-4-5-11)14(17)12-6-7-15-9-13(12)18-2/h1,6-7,9,11H,4-5,8,10H2,2H3. The minimum absolute atomic E-state index is 0.0842. The Bertz CT molecular complexity index is 475. The second-order valence-corrected chi connectivity index (χ2v) is 4.41. The molecule has 1 aromatic rings. The first-order chi connectivity index (χ1) is 8.76. The van der Waals surface area contributed by atoms with Crippen molar-refractivity contribution in [3.8, 4) is 18.1 Å². The molecule has 1 amide bonds. The molecule has 0 saturated heterocycles. The van der Waals surface area contributed by atoms with E-state index in [4.69, 9.17) is 11.2 Å². The van der Waals surface area contributed by atoms with Crippen LogP contribution in [0.15, 0.2) is 18.5 Å². The number of ether oxygens (including phenoxy) is 1. The fourth-order valence-electron chi connectivity index (χ4n) is 1.83. The molecule has 18 heavy (non-hydrogen) atoms. The fraction of sp³-hybridized carbons (Fsp3) is 0.429. The molecule has 1 aliphatic carbocycles. The molecule has 1 fully saturated rings. The highest BCUT2D eigenvalue weighted by atomic mass is 16.5. The van der Waals surface area contributed by atoms with Gasteiger partial charge in [-0.15, -0.1) is 6.42 Å². The Morgan fingerprint density at radius 1 is 1.67 bits per heavy atom. The van der Waals surface area contributed by atoms with E-state index in [0.717, 1.165) is 6.54 Å². The number of rotatable bonds is 5. The number of nitrogens with zero attached hydrogens (tertiary/aromatic N) is 2. The monoisotopic (exact) mass is 244 g/mol. The van der Waals surface area contributed by atoms with Crippen molar-refractivity contribution in [2.24, 2.45) is 5.92 Å². The summed E-state index contributed by atoms with van der Waals surface area (Å²) in [5.41, 5.74) is 0.517. The summed E-state index contributed by atoms with van der Waals surface area (Å²) >= 11 is 0. The molecule has 4 heteroatoms. The summed E-state index contributed by atoms with van der Waals surface area (Å²) in [6.07, 6.45) is 10.8. The number of hydrogen-bond acceptors (Lipinski definition) is 3. The maximum atomic E-state index is 12.4. The lowest BCUT2D eigenvalue weighted by molar-refractivity contribution is 0.0766. The van der Waals surface area contributed by atoms with Crippen molar-refractivity contribution in [1.29, 1.82) is 0 Å². The van der Waals surface area contributed by atoms with Gasteiger partial charge in [-0.2, -0.15) is 0 Å². The number of terminal acetylenes is 1. The third kappa shape index (κ3) is 2.80. The average Bonchev–Trinajstić information content (AvgIpc) is 3.21. The highest BCUT2D eigenvalue weighted by molar-refractivity contribution is 5.96. The fourth-order valence-corrected chi connectivity index (χ4v) is 1.83. The van der Waals surface area contributed by atoms with E-state index in [9.17, 15) is 4.79 Å². The molecule has 4 nitrogen and oxygen atoms in total. The Morgan fingerprint density at radius 3 is 3.06 bits per heavy atom. The second-order valence-electron chi connectivity index (χ2n) is 4.41. The molecule has 0 N–H and O–H groups in total. The average molecular weight is 244 g/mol. The van der Waals surface area contributed by atoms with Crippen LogP contribution in [0, 0.1) is 18.3 Å². The predicted octanol–water partition coefficient (Wildman–Crippen LogP) is 1.58. The quantitative estimate of drug-likeness (QED) is 0.738.